The highest BCUT2D eigenvalue weighted by molar-refractivity contribution is 5.98. The van der Waals surface area contributed by atoms with E-state index in [2.05, 4.69) is 39.9 Å². The van der Waals surface area contributed by atoms with Crippen LogP contribution in [-0.2, 0) is 0 Å². The molecule has 1 atom stereocenters. The summed E-state index contributed by atoms with van der Waals surface area (Å²) in [7, 11) is 3.69. The first-order valence-electron chi connectivity index (χ1n) is 11.4. The highest BCUT2D eigenvalue weighted by Crippen LogP contribution is 2.30. The average molecular weight is 454 g/mol. The number of methoxy groups -OCH3 is 1. The quantitative estimate of drug-likeness (QED) is 0.462. The second-order valence-electron chi connectivity index (χ2n) is 8.73. The molecule has 0 spiro atoms. The second-order valence-corrected chi connectivity index (χ2v) is 8.73. The molecule has 1 amide bonds. The number of benzene rings is 2. The van der Waals surface area contributed by atoms with Gasteiger partial charge in [-0.1, -0.05) is 18.2 Å². The molecule has 3 heterocycles. The van der Waals surface area contributed by atoms with Crippen LogP contribution in [0.4, 0.5) is 0 Å². The molecular formula is C27H27N5O2. The van der Waals surface area contributed by atoms with Crippen molar-refractivity contribution in [2.45, 2.75) is 13.0 Å². The minimum atomic E-state index is 0.0609. The largest absolute Gasteiger partial charge is 0.481 e. The molecule has 0 bridgehead atoms. The SMILES string of the molecule is COc1ccc(-c2ccc3ncnc(-c4cccc(C(=O)N5CCN(C)CC5C)c4)c3c2)cn1. The van der Waals surface area contributed by atoms with Crippen LogP contribution in [0.5, 0.6) is 5.88 Å². The van der Waals surface area contributed by atoms with Gasteiger partial charge in [-0.05, 0) is 49.9 Å². The Bertz CT molecular complexity index is 1340. The molecule has 0 saturated carbocycles. The summed E-state index contributed by atoms with van der Waals surface area (Å²) in [5, 5.41) is 0.924. The minimum Gasteiger partial charge on any atom is -0.481 e. The Balaban J connectivity index is 1.52. The molecule has 34 heavy (non-hydrogen) atoms. The lowest BCUT2D eigenvalue weighted by atomic mass is 10.00. The van der Waals surface area contributed by atoms with Crippen LogP contribution >= 0.6 is 0 Å². The smallest absolute Gasteiger partial charge is 0.254 e. The molecule has 0 aliphatic carbocycles. The number of ether oxygens (including phenoxy) is 1. The molecule has 172 valence electrons. The van der Waals surface area contributed by atoms with Gasteiger partial charge in [0, 0.05) is 60.0 Å². The van der Waals surface area contributed by atoms with Crippen LogP contribution in [-0.4, -0.2) is 70.5 Å². The van der Waals surface area contributed by atoms with Crippen molar-refractivity contribution in [3.05, 3.63) is 72.7 Å². The lowest BCUT2D eigenvalue weighted by Gasteiger charge is -2.38. The highest BCUT2D eigenvalue weighted by Gasteiger charge is 2.26. The van der Waals surface area contributed by atoms with E-state index in [1.165, 1.54) is 0 Å². The van der Waals surface area contributed by atoms with Crippen LogP contribution in [0.3, 0.4) is 0 Å². The third kappa shape index (κ3) is 4.22. The predicted molar refractivity (Wildman–Crippen MR) is 133 cm³/mol. The zero-order valence-electron chi connectivity index (χ0n) is 19.6. The van der Waals surface area contributed by atoms with E-state index in [0.29, 0.717) is 11.4 Å². The number of fused-ring (bicyclic) bond motifs is 1. The Kier molecular flexibility index (Phi) is 5.94. The number of carbonyl (C=O) groups is 1. The van der Waals surface area contributed by atoms with E-state index in [9.17, 15) is 4.79 Å². The Morgan fingerprint density at radius 3 is 2.59 bits per heavy atom. The Morgan fingerprint density at radius 2 is 1.82 bits per heavy atom. The van der Waals surface area contributed by atoms with Crippen LogP contribution in [0.2, 0.25) is 0 Å². The summed E-state index contributed by atoms with van der Waals surface area (Å²) < 4.78 is 5.17. The van der Waals surface area contributed by atoms with Crippen molar-refractivity contribution in [1.29, 1.82) is 0 Å². The molecule has 1 saturated heterocycles. The maximum atomic E-state index is 13.3. The molecule has 2 aromatic heterocycles. The van der Waals surface area contributed by atoms with E-state index in [-0.39, 0.29) is 11.9 Å². The Hall–Kier alpha value is -3.84. The summed E-state index contributed by atoms with van der Waals surface area (Å²) in [6, 6.07) is 17.8. The van der Waals surface area contributed by atoms with Gasteiger partial charge in [-0.3, -0.25) is 4.79 Å². The molecule has 1 aliphatic heterocycles. The zero-order valence-corrected chi connectivity index (χ0v) is 19.6. The number of amides is 1. The van der Waals surface area contributed by atoms with Crippen molar-refractivity contribution < 1.29 is 9.53 Å². The first kappa shape index (κ1) is 22.0. The summed E-state index contributed by atoms with van der Waals surface area (Å²) in [5.74, 6) is 0.635. The number of carbonyl (C=O) groups excluding carboxylic acids is 1. The van der Waals surface area contributed by atoms with Gasteiger partial charge < -0.3 is 14.5 Å². The van der Waals surface area contributed by atoms with Crippen LogP contribution < -0.4 is 4.74 Å². The fourth-order valence-electron chi connectivity index (χ4n) is 4.54. The number of rotatable bonds is 4. The molecule has 7 nitrogen and oxygen atoms in total. The van der Waals surface area contributed by atoms with Crippen molar-refractivity contribution in [3.8, 4) is 28.3 Å². The highest BCUT2D eigenvalue weighted by atomic mass is 16.5. The van der Waals surface area contributed by atoms with Gasteiger partial charge in [0.2, 0.25) is 5.88 Å². The van der Waals surface area contributed by atoms with Crippen molar-refractivity contribution >= 4 is 16.8 Å². The summed E-state index contributed by atoms with van der Waals surface area (Å²) in [5.41, 5.74) is 5.21. The predicted octanol–water partition coefficient (Wildman–Crippen LogP) is 4.14. The maximum absolute atomic E-state index is 13.3. The van der Waals surface area contributed by atoms with E-state index < -0.39 is 0 Å². The Morgan fingerprint density at radius 1 is 0.971 bits per heavy atom. The van der Waals surface area contributed by atoms with Gasteiger partial charge in [0.05, 0.1) is 18.3 Å². The monoisotopic (exact) mass is 453 g/mol. The molecule has 5 rings (SSSR count). The fourth-order valence-corrected chi connectivity index (χ4v) is 4.54. The van der Waals surface area contributed by atoms with E-state index in [1.54, 1.807) is 19.6 Å². The van der Waals surface area contributed by atoms with E-state index >= 15 is 0 Å². The topological polar surface area (TPSA) is 71.5 Å². The zero-order chi connectivity index (χ0) is 23.7. The third-order valence-corrected chi connectivity index (χ3v) is 6.39. The number of hydrogen-bond donors (Lipinski definition) is 0. The number of nitrogens with zero attached hydrogens (tertiary/aromatic N) is 5. The van der Waals surface area contributed by atoms with Crippen LogP contribution in [0, 0.1) is 0 Å². The molecule has 1 fully saturated rings. The van der Waals surface area contributed by atoms with Gasteiger partial charge in [-0.25, -0.2) is 15.0 Å². The standard InChI is InChI=1S/C27H27N5O2/c1-18-16-31(2)11-12-32(18)27(33)21-6-4-5-20(13-21)26-23-14-19(7-9-24(23)29-17-30-26)22-8-10-25(34-3)28-15-22/h4-10,13-15,17-18H,11-12,16H2,1-3H3. The molecule has 2 aromatic carbocycles. The summed E-state index contributed by atoms with van der Waals surface area (Å²) in [4.78, 5) is 30.9. The van der Waals surface area contributed by atoms with E-state index in [4.69, 9.17) is 4.74 Å². The van der Waals surface area contributed by atoms with Crippen LogP contribution in [0.25, 0.3) is 33.3 Å². The lowest BCUT2D eigenvalue weighted by Crippen LogP contribution is -2.52. The van der Waals surface area contributed by atoms with E-state index in [1.807, 2.05) is 53.4 Å². The van der Waals surface area contributed by atoms with Crippen LogP contribution in [0.15, 0.2) is 67.1 Å². The molecule has 1 unspecified atom stereocenters. The fraction of sp³-hybridized carbons (Fsp3) is 0.259. The van der Waals surface area contributed by atoms with Gasteiger partial charge in [-0.2, -0.15) is 0 Å². The number of likely N-dealkylation sites (N-methyl/N-ethyl adjacent to an activating group) is 1. The van der Waals surface area contributed by atoms with Gasteiger partial charge in [0.1, 0.15) is 6.33 Å². The van der Waals surface area contributed by atoms with Crippen molar-refractivity contribution in [1.82, 2.24) is 24.8 Å². The van der Waals surface area contributed by atoms with Gasteiger partial charge >= 0.3 is 0 Å². The molecule has 4 aromatic rings. The average Bonchev–Trinajstić information content (AvgIpc) is 2.88. The van der Waals surface area contributed by atoms with Crippen molar-refractivity contribution in [2.75, 3.05) is 33.8 Å². The normalized spacial score (nSPS) is 16.6. The van der Waals surface area contributed by atoms with Crippen molar-refractivity contribution in [3.63, 3.8) is 0 Å². The second kappa shape index (κ2) is 9.19. The molecule has 7 heteroatoms. The molecule has 0 N–H and O–H groups in total. The number of pyridine rings is 1. The van der Waals surface area contributed by atoms with Gasteiger partial charge in [0.15, 0.2) is 0 Å². The van der Waals surface area contributed by atoms with E-state index in [0.717, 1.165) is 52.9 Å². The van der Waals surface area contributed by atoms with Crippen LogP contribution in [0.1, 0.15) is 17.3 Å². The third-order valence-electron chi connectivity index (χ3n) is 6.39. The number of aromatic nitrogens is 3. The molecule has 1 aliphatic rings. The summed E-state index contributed by atoms with van der Waals surface area (Å²) >= 11 is 0. The van der Waals surface area contributed by atoms with Crippen molar-refractivity contribution in [2.24, 2.45) is 0 Å². The van der Waals surface area contributed by atoms with Gasteiger partial charge in [0.25, 0.3) is 5.91 Å². The summed E-state index contributed by atoms with van der Waals surface area (Å²) in [6.45, 7) is 4.60. The molecular weight excluding hydrogens is 426 g/mol. The number of piperazine rings is 1. The van der Waals surface area contributed by atoms with Gasteiger partial charge in [-0.15, -0.1) is 0 Å². The summed E-state index contributed by atoms with van der Waals surface area (Å²) in [6.07, 6.45) is 3.36. The Labute approximate surface area is 199 Å². The maximum Gasteiger partial charge on any atom is 0.254 e. The molecule has 0 radical (unpaired) electrons. The first-order valence-corrected chi connectivity index (χ1v) is 11.4. The lowest BCUT2D eigenvalue weighted by molar-refractivity contribution is 0.0533. The minimum absolute atomic E-state index is 0.0609. The first-order chi connectivity index (χ1) is 16.5. The number of hydrogen-bond acceptors (Lipinski definition) is 6.